The second kappa shape index (κ2) is 6.49. The maximum absolute atomic E-state index is 13.2. The Morgan fingerprint density at radius 1 is 1.35 bits per heavy atom. The summed E-state index contributed by atoms with van der Waals surface area (Å²) in [6, 6.07) is 5.72. The van der Waals surface area contributed by atoms with Crippen LogP contribution in [0.2, 0.25) is 0 Å². The molecule has 0 aliphatic rings. The number of methoxy groups -OCH3 is 1. The van der Waals surface area contributed by atoms with E-state index in [0.717, 1.165) is 0 Å². The zero-order valence-corrected chi connectivity index (χ0v) is 11.3. The Kier molecular flexibility index (Phi) is 4.70. The summed E-state index contributed by atoms with van der Waals surface area (Å²) in [5.74, 6) is 0.593. The van der Waals surface area contributed by atoms with E-state index < -0.39 is 11.9 Å². The quantitative estimate of drug-likeness (QED) is 0.881. The van der Waals surface area contributed by atoms with Gasteiger partial charge in [0, 0.05) is 18.7 Å². The lowest BCUT2D eigenvalue weighted by Crippen LogP contribution is -2.01. The number of halogens is 1. The Morgan fingerprint density at radius 3 is 2.85 bits per heavy atom. The van der Waals surface area contributed by atoms with Crippen LogP contribution in [0, 0.1) is 5.82 Å². The zero-order valence-electron chi connectivity index (χ0n) is 11.3. The molecule has 20 heavy (non-hydrogen) atoms. The van der Waals surface area contributed by atoms with Crippen molar-refractivity contribution in [2.24, 2.45) is 0 Å². The SMILES string of the molecule is COCc1cc(COc2ccc(F)cc2[C@@H](C)O)no1. The van der Waals surface area contributed by atoms with Crippen molar-refractivity contribution in [2.75, 3.05) is 7.11 Å². The fraction of sp³-hybridized carbons (Fsp3) is 0.357. The maximum Gasteiger partial charge on any atom is 0.162 e. The number of nitrogens with zero attached hydrogens (tertiary/aromatic N) is 1. The highest BCUT2D eigenvalue weighted by Gasteiger charge is 2.12. The Hall–Kier alpha value is -1.92. The molecule has 6 heteroatoms. The summed E-state index contributed by atoms with van der Waals surface area (Å²) in [4.78, 5) is 0. The Bertz CT molecular complexity index is 568. The number of aliphatic hydroxyl groups is 1. The van der Waals surface area contributed by atoms with Crippen LogP contribution in [-0.2, 0) is 18.0 Å². The van der Waals surface area contributed by atoms with Crippen LogP contribution in [0.4, 0.5) is 4.39 Å². The Balaban J connectivity index is 2.06. The lowest BCUT2D eigenvalue weighted by Gasteiger charge is -2.12. The normalized spacial score (nSPS) is 12.4. The van der Waals surface area contributed by atoms with Crippen molar-refractivity contribution in [3.8, 4) is 5.75 Å². The van der Waals surface area contributed by atoms with Crippen molar-refractivity contribution < 1.29 is 23.5 Å². The molecule has 0 aliphatic heterocycles. The van der Waals surface area contributed by atoms with Gasteiger partial charge in [-0.05, 0) is 25.1 Å². The van der Waals surface area contributed by atoms with Crippen molar-refractivity contribution in [1.29, 1.82) is 0 Å². The molecular formula is C14H16FNO4. The van der Waals surface area contributed by atoms with Crippen LogP contribution < -0.4 is 4.74 Å². The molecule has 108 valence electrons. The predicted octanol–water partition coefficient (Wildman–Crippen LogP) is 2.59. The van der Waals surface area contributed by atoms with E-state index in [1.807, 2.05) is 0 Å². The molecule has 1 N–H and O–H groups in total. The number of benzene rings is 1. The first-order chi connectivity index (χ1) is 9.60. The maximum atomic E-state index is 13.2. The molecule has 2 rings (SSSR count). The summed E-state index contributed by atoms with van der Waals surface area (Å²) in [5.41, 5.74) is 0.989. The minimum atomic E-state index is -0.818. The second-order valence-electron chi connectivity index (χ2n) is 4.36. The molecule has 0 unspecified atom stereocenters. The van der Waals surface area contributed by atoms with Gasteiger partial charge in [0.25, 0.3) is 0 Å². The fourth-order valence-corrected chi connectivity index (χ4v) is 1.76. The van der Waals surface area contributed by atoms with Crippen molar-refractivity contribution in [1.82, 2.24) is 5.16 Å². The lowest BCUT2D eigenvalue weighted by atomic mass is 10.1. The van der Waals surface area contributed by atoms with E-state index in [-0.39, 0.29) is 6.61 Å². The number of rotatable bonds is 6. The van der Waals surface area contributed by atoms with Crippen LogP contribution in [-0.4, -0.2) is 17.4 Å². The van der Waals surface area contributed by atoms with Crippen LogP contribution >= 0.6 is 0 Å². The number of hydrogen-bond acceptors (Lipinski definition) is 5. The molecule has 0 aliphatic carbocycles. The van der Waals surface area contributed by atoms with Gasteiger partial charge in [-0.25, -0.2) is 4.39 Å². The Labute approximate surface area is 115 Å². The van der Waals surface area contributed by atoms with Gasteiger partial charge in [0.1, 0.15) is 30.5 Å². The minimum absolute atomic E-state index is 0.165. The van der Waals surface area contributed by atoms with E-state index >= 15 is 0 Å². The summed E-state index contributed by atoms with van der Waals surface area (Å²) in [6.45, 7) is 2.05. The Morgan fingerprint density at radius 2 is 2.15 bits per heavy atom. The van der Waals surface area contributed by atoms with Crippen molar-refractivity contribution in [2.45, 2.75) is 26.2 Å². The molecule has 1 aromatic carbocycles. The molecule has 0 fully saturated rings. The number of hydrogen-bond donors (Lipinski definition) is 1. The summed E-state index contributed by atoms with van der Waals surface area (Å²) < 4.78 is 28.6. The first-order valence-electron chi connectivity index (χ1n) is 6.14. The van der Waals surface area contributed by atoms with E-state index in [1.54, 1.807) is 20.1 Å². The van der Waals surface area contributed by atoms with Crippen molar-refractivity contribution >= 4 is 0 Å². The molecule has 1 heterocycles. The molecule has 5 nitrogen and oxygen atoms in total. The molecule has 2 aromatic rings. The topological polar surface area (TPSA) is 64.7 Å². The third-order valence-corrected chi connectivity index (χ3v) is 2.69. The van der Waals surface area contributed by atoms with Crippen LogP contribution in [0.5, 0.6) is 5.75 Å². The molecule has 0 spiro atoms. The monoisotopic (exact) mass is 281 g/mol. The van der Waals surface area contributed by atoms with Crippen LogP contribution in [0.3, 0.4) is 0 Å². The standard InChI is InChI=1S/C14H16FNO4/c1-9(17)13-5-10(15)3-4-14(13)19-7-11-6-12(8-18-2)20-16-11/h3-6,9,17H,7-8H2,1-2H3/t9-/m1/s1. The van der Waals surface area contributed by atoms with Gasteiger partial charge in [0.05, 0.1) is 6.10 Å². The van der Waals surface area contributed by atoms with Gasteiger partial charge in [-0.15, -0.1) is 0 Å². The first kappa shape index (κ1) is 14.5. The van der Waals surface area contributed by atoms with Crippen LogP contribution in [0.25, 0.3) is 0 Å². The van der Waals surface area contributed by atoms with Gasteiger partial charge in [-0.3, -0.25) is 0 Å². The van der Waals surface area contributed by atoms with Gasteiger partial charge >= 0.3 is 0 Å². The molecular weight excluding hydrogens is 265 g/mol. The smallest absolute Gasteiger partial charge is 0.162 e. The summed E-state index contributed by atoms with van der Waals surface area (Å²) in [7, 11) is 1.56. The molecule has 1 atom stereocenters. The molecule has 0 saturated heterocycles. The second-order valence-corrected chi connectivity index (χ2v) is 4.36. The number of aliphatic hydroxyl groups excluding tert-OH is 1. The fourth-order valence-electron chi connectivity index (χ4n) is 1.76. The third kappa shape index (κ3) is 3.55. The minimum Gasteiger partial charge on any atom is -0.487 e. The van der Waals surface area contributed by atoms with Crippen molar-refractivity contribution in [3.63, 3.8) is 0 Å². The van der Waals surface area contributed by atoms with E-state index in [1.165, 1.54) is 18.2 Å². The highest BCUT2D eigenvalue weighted by molar-refractivity contribution is 5.35. The van der Waals surface area contributed by atoms with Crippen molar-refractivity contribution in [3.05, 3.63) is 47.1 Å². The highest BCUT2D eigenvalue weighted by Crippen LogP contribution is 2.26. The van der Waals surface area contributed by atoms with E-state index in [4.69, 9.17) is 14.0 Å². The molecule has 0 amide bonds. The van der Waals surface area contributed by atoms with E-state index in [2.05, 4.69) is 5.16 Å². The third-order valence-electron chi connectivity index (χ3n) is 2.69. The average Bonchev–Trinajstić information content (AvgIpc) is 2.85. The molecule has 0 saturated carbocycles. The van der Waals surface area contributed by atoms with Crippen LogP contribution in [0.1, 0.15) is 30.0 Å². The summed E-state index contributed by atoms with van der Waals surface area (Å²) in [5, 5.41) is 13.4. The van der Waals surface area contributed by atoms with Crippen LogP contribution in [0.15, 0.2) is 28.8 Å². The van der Waals surface area contributed by atoms with E-state index in [9.17, 15) is 9.50 Å². The first-order valence-corrected chi connectivity index (χ1v) is 6.14. The van der Waals surface area contributed by atoms with Gasteiger partial charge in [-0.2, -0.15) is 0 Å². The number of aromatic nitrogens is 1. The predicted molar refractivity (Wildman–Crippen MR) is 68.6 cm³/mol. The summed E-state index contributed by atoms with van der Waals surface area (Å²) >= 11 is 0. The van der Waals surface area contributed by atoms with E-state index in [0.29, 0.717) is 29.4 Å². The zero-order chi connectivity index (χ0) is 14.5. The summed E-state index contributed by atoms with van der Waals surface area (Å²) in [6.07, 6.45) is -0.818. The van der Waals surface area contributed by atoms with Gasteiger partial charge in [0.2, 0.25) is 0 Å². The molecule has 0 bridgehead atoms. The highest BCUT2D eigenvalue weighted by atomic mass is 19.1. The molecule has 0 radical (unpaired) electrons. The largest absolute Gasteiger partial charge is 0.487 e. The number of ether oxygens (including phenoxy) is 2. The van der Waals surface area contributed by atoms with Gasteiger partial charge in [-0.1, -0.05) is 5.16 Å². The van der Waals surface area contributed by atoms with Gasteiger partial charge in [0.15, 0.2) is 5.76 Å². The molecule has 1 aromatic heterocycles. The lowest BCUT2D eigenvalue weighted by molar-refractivity contribution is 0.155. The average molecular weight is 281 g/mol. The van der Waals surface area contributed by atoms with Gasteiger partial charge < -0.3 is 19.1 Å².